The van der Waals surface area contributed by atoms with Gasteiger partial charge in [0.05, 0.1) is 16.0 Å². The first-order valence-corrected chi connectivity index (χ1v) is 6.65. The maximum Gasteiger partial charge on any atom is 0.236 e. The van der Waals surface area contributed by atoms with Crippen molar-refractivity contribution in [2.45, 2.75) is 0 Å². The van der Waals surface area contributed by atoms with Gasteiger partial charge in [0.25, 0.3) is 0 Å². The number of benzene rings is 1. The molecule has 1 N–H and O–H groups in total. The van der Waals surface area contributed by atoms with Crippen molar-refractivity contribution in [3.05, 3.63) is 24.3 Å². The fraction of sp³-hybridized carbons (Fsp3) is 0.200. The lowest BCUT2D eigenvalue weighted by atomic mass is 10.3. The number of carbonyl (C=O) groups is 1. The molecule has 1 heterocycles. The third-order valence-electron chi connectivity index (χ3n) is 1.82. The number of thioether (sulfide) groups is 1. The highest BCUT2D eigenvalue weighted by molar-refractivity contribution is 7.99. The highest BCUT2D eigenvalue weighted by atomic mass is 32.2. The molecule has 2 rings (SSSR count). The third kappa shape index (κ3) is 2.49. The molecule has 0 aliphatic rings. The molecule has 0 atom stereocenters. The van der Waals surface area contributed by atoms with Crippen LogP contribution < -0.4 is 5.32 Å². The molecule has 1 amide bonds. The lowest BCUT2D eigenvalue weighted by Gasteiger charge is -1.97. The van der Waals surface area contributed by atoms with Crippen molar-refractivity contribution in [3.8, 4) is 0 Å². The van der Waals surface area contributed by atoms with Crippen LogP contribution in [0.25, 0.3) is 10.2 Å². The Morgan fingerprint density at radius 2 is 2.33 bits per heavy atom. The van der Waals surface area contributed by atoms with E-state index in [1.165, 1.54) is 23.1 Å². The van der Waals surface area contributed by atoms with Gasteiger partial charge in [-0.05, 0) is 18.4 Å². The summed E-state index contributed by atoms with van der Waals surface area (Å²) in [6, 6.07) is 7.84. The Balaban J connectivity index is 2.18. The Morgan fingerprint density at radius 1 is 1.53 bits per heavy atom. The van der Waals surface area contributed by atoms with Gasteiger partial charge in [0.15, 0.2) is 5.13 Å². The van der Waals surface area contributed by atoms with Crippen LogP contribution in [0.4, 0.5) is 5.13 Å². The zero-order chi connectivity index (χ0) is 10.7. The van der Waals surface area contributed by atoms with Crippen molar-refractivity contribution in [1.82, 2.24) is 4.98 Å². The molecule has 1 aromatic carbocycles. The second-order valence-corrected chi connectivity index (χ2v) is 4.86. The summed E-state index contributed by atoms with van der Waals surface area (Å²) in [7, 11) is 0. The molecule has 0 bridgehead atoms. The van der Waals surface area contributed by atoms with E-state index in [1.54, 1.807) is 0 Å². The van der Waals surface area contributed by atoms with E-state index >= 15 is 0 Å². The first-order valence-electron chi connectivity index (χ1n) is 4.44. The summed E-state index contributed by atoms with van der Waals surface area (Å²) in [5.74, 6) is 0.470. The zero-order valence-electron chi connectivity index (χ0n) is 8.19. The van der Waals surface area contributed by atoms with Gasteiger partial charge >= 0.3 is 0 Å². The molecule has 0 unspecified atom stereocenters. The molecule has 15 heavy (non-hydrogen) atoms. The van der Waals surface area contributed by atoms with Crippen molar-refractivity contribution in [1.29, 1.82) is 0 Å². The molecule has 0 radical (unpaired) electrons. The minimum atomic E-state index is 0.00144. The van der Waals surface area contributed by atoms with E-state index in [0.717, 1.165) is 10.2 Å². The summed E-state index contributed by atoms with van der Waals surface area (Å²) in [6.45, 7) is 0. The van der Waals surface area contributed by atoms with Gasteiger partial charge in [-0.2, -0.15) is 11.8 Å². The summed E-state index contributed by atoms with van der Waals surface area (Å²) in [6.07, 6.45) is 1.90. The molecule has 0 aliphatic heterocycles. The van der Waals surface area contributed by atoms with E-state index in [1.807, 2.05) is 30.5 Å². The molecule has 3 nitrogen and oxygen atoms in total. The van der Waals surface area contributed by atoms with E-state index in [-0.39, 0.29) is 5.91 Å². The highest BCUT2D eigenvalue weighted by Gasteiger charge is 2.06. The Morgan fingerprint density at radius 3 is 3.07 bits per heavy atom. The number of thiazole rings is 1. The number of rotatable bonds is 3. The normalized spacial score (nSPS) is 10.5. The lowest BCUT2D eigenvalue weighted by molar-refractivity contribution is -0.113. The number of nitrogens with one attached hydrogen (secondary N) is 1. The molecule has 0 fully saturated rings. The van der Waals surface area contributed by atoms with Gasteiger partial charge in [0.2, 0.25) is 5.91 Å². The van der Waals surface area contributed by atoms with E-state index in [2.05, 4.69) is 10.3 Å². The molecule has 0 saturated carbocycles. The number of hydrogen-bond acceptors (Lipinski definition) is 4. The van der Waals surface area contributed by atoms with Crippen molar-refractivity contribution >= 4 is 44.4 Å². The van der Waals surface area contributed by atoms with Crippen LogP contribution in [0, 0.1) is 0 Å². The molecular formula is C10H10N2OS2. The number of amides is 1. The first kappa shape index (κ1) is 10.4. The summed E-state index contributed by atoms with van der Waals surface area (Å²) in [5.41, 5.74) is 0.932. The molecule has 0 aliphatic carbocycles. The largest absolute Gasteiger partial charge is 0.301 e. The van der Waals surface area contributed by atoms with Crippen molar-refractivity contribution in [3.63, 3.8) is 0 Å². The predicted octanol–water partition coefficient (Wildman–Crippen LogP) is 2.60. The molecule has 1 aromatic heterocycles. The number of aromatic nitrogens is 1. The topological polar surface area (TPSA) is 42.0 Å². The van der Waals surface area contributed by atoms with Gasteiger partial charge in [-0.3, -0.25) is 4.79 Å². The van der Waals surface area contributed by atoms with Crippen LogP contribution in [-0.2, 0) is 4.79 Å². The van der Waals surface area contributed by atoms with Crippen LogP contribution in [0.5, 0.6) is 0 Å². The average molecular weight is 238 g/mol. The Bertz CT molecular complexity index is 448. The van der Waals surface area contributed by atoms with E-state index in [4.69, 9.17) is 0 Å². The van der Waals surface area contributed by atoms with Gasteiger partial charge in [-0.15, -0.1) is 0 Å². The minimum Gasteiger partial charge on any atom is -0.301 e. The molecule has 2 aromatic rings. The zero-order valence-corrected chi connectivity index (χ0v) is 9.82. The monoisotopic (exact) mass is 238 g/mol. The van der Waals surface area contributed by atoms with Crippen molar-refractivity contribution < 1.29 is 4.79 Å². The van der Waals surface area contributed by atoms with Crippen molar-refractivity contribution in [2.75, 3.05) is 17.3 Å². The smallest absolute Gasteiger partial charge is 0.236 e. The molecular weight excluding hydrogens is 228 g/mol. The summed E-state index contributed by atoms with van der Waals surface area (Å²) in [4.78, 5) is 15.6. The number of carbonyl (C=O) groups excluding carboxylic acids is 1. The maximum atomic E-state index is 11.3. The van der Waals surface area contributed by atoms with E-state index in [0.29, 0.717) is 10.9 Å². The fourth-order valence-corrected chi connectivity index (χ4v) is 2.43. The number of para-hydroxylation sites is 1. The fourth-order valence-electron chi connectivity index (χ4n) is 1.21. The summed E-state index contributed by atoms with van der Waals surface area (Å²) in [5, 5.41) is 3.46. The standard InChI is InChI=1S/C10H10N2OS2/c1-14-6-9(13)12-10-11-7-4-2-3-5-8(7)15-10/h2-5H,6H2,1H3,(H,11,12,13). The highest BCUT2D eigenvalue weighted by Crippen LogP contribution is 2.25. The van der Waals surface area contributed by atoms with Crippen LogP contribution in [0.1, 0.15) is 0 Å². The van der Waals surface area contributed by atoms with Crippen molar-refractivity contribution in [2.24, 2.45) is 0 Å². The van der Waals surface area contributed by atoms with Crippen LogP contribution >= 0.6 is 23.1 Å². The van der Waals surface area contributed by atoms with Crippen LogP contribution in [-0.4, -0.2) is 22.9 Å². The second kappa shape index (κ2) is 4.63. The SMILES string of the molecule is CSCC(=O)Nc1nc2ccccc2s1. The van der Waals surface area contributed by atoms with Crippen LogP contribution in [0.3, 0.4) is 0 Å². The van der Waals surface area contributed by atoms with Gasteiger partial charge in [0, 0.05) is 0 Å². The second-order valence-electron chi connectivity index (χ2n) is 2.97. The Kier molecular flexibility index (Phi) is 3.23. The minimum absolute atomic E-state index is 0.00144. The Hall–Kier alpha value is -1.07. The van der Waals surface area contributed by atoms with Gasteiger partial charge in [-0.1, -0.05) is 23.5 Å². The third-order valence-corrected chi connectivity index (χ3v) is 3.32. The number of hydrogen-bond donors (Lipinski definition) is 1. The van der Waals surface area contributed by atoms with Gasteiger partial charge < -0.3 is 5.32 Å². The number of anilines is 1. The number of fused-ring (bicyclic) bond motifs is 1. The van der Waals surface area contributed by atoms with E-state index in [9.17, 15) is 4.79 Å². The summed E-state index contributed by atoms with van der Waals surface area (Å²) < 4.78 is 1.09. The molecule has 5 heteroatoms. The maximum absolute atomic E-state index is 11.3. The lowest BCUT2D eigenvalue weighted by Crippen LogP contribution is -2.13. The number of nitrogens with zero attached hydrogens (tertiary/aromatic N) is 1. The predicted molar refractivity (Wildman–Crippen MR) is 66.6 cm³/mol. The van der Waals surface area contributed by atoms with E-state index < -0.39 is 0 Å². The van der Waals surface area contributed by atoms with Crippen LogP contribution in [0.2, 0.25) is 0 Å². The van der Waals surface area contributed by atoms with Gasteiger partial charge in [-0.25, -0.2) is 4.98 Å². The van der Waals surface area contributed by atoms with Gasteiger partial charge in [0.1, 0.15) is 0 Å². The molecule has 0 saturated heterocycles. The Labute approximate surface area is 95.9 Å². The average Bonchev–Trinajstić information content (AvgIpc) is 2.59. The molecule has 78 valence electrons. The van der Waals surface area contributed by atoms with Crippen LogP contribution in [0.15, 0.2) is 24.3 Å². The summed E-state index contributed by atoms with van der Waals surface area (Å²) >= 11 is 3.00. The first-order chi connectivity index (χ1) is 7.29. The molecule has 0 spiro atoms. The quantitative estimate of drug-likeness (QED) is 0.893.